The van der Waals surface area contributed by atoms with Gasteiger partial charge in [-0.2, -0.15) is 4.99 Å². The molecule has 2 atom stereocenters. The predicted molar refractivity (Wildman–Crippen MR) is 137 cm³/mol. The van der Waals surface area contributed by atoms with Crippen molar-refractivity contribution >= 4 is 27.2 Å². The molecule has 9 heteroatoms. The van der Waals surface area contributed by atoms with Crippen molar-refractivity contribution < 1.29 is 14.3 Å². The second-order valence-corrected chi connectivity index (χ2v) is 9.35. The van der Waals surface area contributed by atoms with Gasteiger partial charge in [0.1, 0.15) is 12.4 Å². The zero-order chi connectivity index (χ0) is 24.3. The molecular weight excluding hydrogens is 449 g/mol. The smallest absolute Gasteiger partial charge is 0.435 e. The van der Waals surface area contributed by atoms with Crippen molar-refractivity contribution in [2.45, 2.75) is 44.9 Å². The molecule has 5 N–H and O–H groups in total. The van der Waals surface area contributed by atoms with E-state index < -0.39 is 12.1 Å². The molecule has 1 fully saturated rings. The number of hydrogen-bond acceptors (Lipinski definition) is 5. The third-order valence-corrected chi connectivity index (χ3v) is 6.52. The van der Waals surface area contributed by atoms with Gasteiger partial charge in [-0.3, -0.25) is 9.46 Å². The Morgan fingerprint density at radius 2 is 1.76 bits per heavy atom. The number of ether oxygens (including phenoxy) is 1. The van der Waals surface area contributed by atoms with E-state index in [1.807, 2.05) is 42.5 Å². The molecule has 2 aromatic rings. The molecule has 1 aliphatic heterocycles. The number of aliphatic imine (C=N–C) groups is 1. The standard InChI is InChI=1S/C25H34N5O3P/c26-22(11-8-18-12-14-30(34)15-13-18)24(31)28-16-19-6-9-21(10-7-19)23(27)29-25(32)33-17-20-4-2-1-3-5-20/h1-7,9-10,18,22H,8,11-17,26,34H2,(H,28,31)(H2,27,29,32)/t22-/m0/s1. The fourth-order valence-corrected chi connectivity index (χ4v) is 4.11. The number of carbonyl (C=O) groups excluding carboxylic acids is 2. The van der Waals surface area contributed by atoms with Crippen molar-refractivity contribution in [1.29, 1.82) is 0 Å². The first kappa shape index (κ1) is 25.8. The largest absolute Gasteiger partial charge is 0.443 e. The summed E-state index contributed by atoms with van der Waals surface area (Å²) in [4.78, 5) is 28.1. The first-order valence-electron chi connectivity index (χ1n) is 11.6. The number of nitrogens with one attached hydrogen (secondary N) is 1. The third-order valence-electron chi connectivity index (χ3n) is 6.01. The Kier molecular flexibility index (Phi) is 10.0. The van der Waals surface area contributed by atoms with Crippen LogP contribution in [0.3, 0.4) is 0 Å². The molecule has 1 heterocycles. The monoisotopic (exact) mass is 483 g/mol. The lowest BCUT2D eigenvalue weighted by atomic mass is 9.91. The molecule has 2 amide bonds. The lowest BCUT2D eigenvalue weighted by Crippen LogP contribution is -2.40. The van der Waals surface area contributed by atoms with Gasteiger partial charge in [-0.25, -0.2) is 4.79 Å². The topological polar surface area (TPSA) is 123 Å². The Hall–Kier alpha value is -2.80. The van der Waals surface area contributed by atoms with Crippen molar-refractivity contribution in [3.63, 3.8) is 0 Å². The molecular formula is C25H34N5O3P. The summed E-state index contributed by atoms with van der Waals surface area (Å²) >= 11 is 0. The van der Waals surface area contributed by atoms with Crippen LogP contribution in [0, 0.1) is 5.92 Å². The van der Waals surface area contributed by atoms with Crippen molar-refractivity contribution in [1.82, 2.24) is 9.99 Å². The summed E-state index contributed by atoms with van der Waals surface area (Å²) in [5, 5.41) is 2.90. The van der Waals surface area contributed by atoms with Crippen molar-refractivity contribution in [2.75, 3.05) is 13.1 Å². The molecule has 1 aliphatic rings. The van der Waals surface area contributed by atoms with Crippen LogP contribution in [0.4, 0.5) is 4.79 Å². The number of rotatable bonds is 9. The molecule has 0 saturated carbocycles. The average molecular weight is 484 g/mol. The fraction of sp³-hybridized carbons (Fsp3) is 0.400. The van der Waals surface area contributed by atoms with Gasteiger partial charge in [0, 0.05) is 25.2 Å². The van der Waals surface area contributed by atoms with Gasteiger partial charge in [-0.15, -0.1) is 0 Å². The molecule has 3 rings (SSSR count). The summed E-state index contributed by atoms with van der Waals surface area (Å²) in [6.07, 6.45) is 3.24. The van der Waals surface area contributed by atoms with Gasteiger partial charge in [0.05, 0.1) is 6.04 Å². The van der Waals surface area contributed by atoms with Crippen LogP contribution in [0.5, 0.6) is 0 Å². The van der Waals surface area contributed by atoms with Crippen LogP contribution >= 0.6 is 9.39 Å². The molecule has 0 aromatic heterocycles. The molecule has 182 valence electrons. The number of amidine groups is 1. The van der Waals surface area contributed by atoms with Crippen molar-refractivity contribution in [3.05, 3.63) is 71.3 Å². The normalized spacial score (nSPS) is 16.1. The third kappa shape index (κ3) is 8.52. The number of nitrogens with two attached hydrogens (primary N) is 2. The van der Waals surface area contributed by atoms with Crippen LogP contribution in [0.25, 0.3) is 0 Å². The van der Waals surface area contributed by atoms with Crippen LogP contribution in [-0.4, -0.2) is 41.6 Å². The van der Waals surface area contributed by atoms with E-state index in [1.54, 1.807) is 12.1 Å². The van der Waals surface area contributed by atoms with E-state index in [9.17, 15) is 9.59 Å². The quantitative estimate of drug-likeness (QED) is 0.286. The van der Waals surface area contributed by atoms with Gasteiger partial charge < -0.3 is 21.5 Å². The molecule has 1 unspecified atom stereocenters. The summed E-state index contributed by atoms with van der Waals surface area (Å²) in [5.74, 6) is 0.573. The van der Waals surface area contributed by atoms with Gasteiger partial charge >= 0.3 is 6.09 Å². The van der Waals surface area contributed by atoms with E-state index in [4.69, 9.17) is 16.2 Å². The van der Waals surface area contributed by atoms with Crippen molar-refractivity contribution in [3.8, 4) is 0 Å². The SMILES string of the molecule is NC(=NC(=O)OCc1ccccc1)c1ccc(CNC(=O)[C@@H](N)CCC2CCN(P)CC2)cc1. The number of benzene rings is 2. The second-order valence-electron chi connectivity index (χ2n) is 8.62. The summed E-state index contributed by atoms with van der Waals surface area (Å²) < 4.78 is 7.38. The number of carbonyl (C=O) groups is 2. The number of nitrogens with zero attached hydrogens (tertiary/aromatic N) is 2. The molecule has 1 saturated heterocycles. The first-order valence-corrected chi connectivity index (χ1v) is 12.1. The number of piperidine rings is 1. The summed E-state index contributed by atoms with van der Waals surface area (Å²) in [6, 6.07) is 16.0. The molecule has 0 aliphatic carbocycles. The Morgan fingerprint density at radius 1 is 1.09 bits per heavy atom. The van der Waals surface area contributed by atoms with Crippen LogP contribution < -0.4 is 16.8 Å². The molecule has 0 spiro atoms. The van der Waals surface area contributed by atoms with Crippen LogP contribution in [-0.2, 0) is 22.7 Å². The van der Waals surface area contributed by atoms with Crippen LogP contribution in [0.1, 0.15) is 42.4 Å². The minimum Gasteiger partial charge on any atom is -0.443 e. The highest BCUT2D eigenvalue weighted by Gasteiger charge is 2.20. The van der Waals surface area contributed by atoms with Gasteiger partial charge in [0.2, 0.25) is 5.91 Å². The minimum atomic E-state index is -0.745. The Balaban J connectivity index is 1.40. The van der Waals surface area contributed by atoms with Crippen LogP contribution in [0.2, 0.25) is 0 Å². The lowest BCUT2D eigenvalue weighted by Gasteiger charge is -2.29. The van der Waals surface area contributed by atoms with Crippen molar-refractivity contribution in [2.24, 2.45) is 22.4 Å². The van der Waals surface area contributed by atoms with E-state index in [0.29, 0.717) is 24.4 Å². The van der Waals surface area contributed by atoms with Gasteiger partial charge in [-0.1, -0.05) is 64.0 Å². The maximum Gasteiger partial charge on any atom is 0.435 e. The molecule has 0 radical (unpaired) electrons. The molecule has 8 nitrogen and oxygen atoms in total. The highest BCUT2D eigenvalue weighted by molar-refractivity contribution is 7.13. The summed E-state index contributed by atoms with van der Waals surface area (Å²) in [5.41, 5.74) is 14.4. The fourth-order valence-electron chi connectivity index (χ4n) is 3.82. The minimum absolute atomic E-state index is 0.0724. The highest BCUT2D eigenvalue weighted by Crippen LogP contribution is 2.23. The number of hydrogen-bond donors (Lipinski definition) is 3. The first-order chi connectivity index (χ1) is 16.4. The maximum atomic E-state index is 12.4. The zero-order valence-corrected chi connectivity index (χ0v) is 20.5. The Bertz CT molecular complexity index is 960. The predicted octanol–water partition coefficient (Wildman–Crippen LogP) is 2.95. The summed E-state index contributed by atoms with van der Waals surface area (Å²) in [7, 11) is 2.75. The number of amides is 2. The molecule has 34 heavy (non-hydrogen) atoms. The van der Waals surface area contributed by atoms with E-state index in [-0.39, 0.29) is 18.3 Å². The maximum absolute atomic E-state index is 12.4. The van der Waals surface area contributed by atoms with E-state index in [0.717, 1.165) is 43.5 Å². The molecule has 2 aromatic carbocycles. The lowest BCUT2D eigenvalue weighted by molar-refractivity contribution is -0.122. The Morgan fingerprint density at radius 3 is 2.44 bits per heavy atom. The van der Waals surface area contributed by atoms with E-state index >= 15 is 0 Å². The van der Waals surface area contributed by atoms with E-state index in [1.165, 1.54) is 0 Å². The highest BCUT2D eigenvalue weighted by atomic mass is 31.0. The molecule has 0 bridgehead atoms. The summed E-state index contributed by atoms with van der Waals surface area (Å²) in [6.45, 7) is 2.66. The van der Waals surface area contributed by atoms with Gasteiger partial charge in [0.25, 0.3) is 0 Å². The van der Waals surface area contributed by atoms with E-state index in [2.05, 4.69) is 24.4 Å². The van der Waals surface area contributed by atoms with Gasteiger partial charge in [0.15, 0.2) is 0 Å². The Labute approximate surface area is 203 Å². The second kappa shape index (κ2) is 13.2. The van der Waals surface area contributed by atoms with Gasteiger partial charge in [-0.05, 0) is 42.7 Å². The average Bonchev–Trinajstić information content (AvgIpc) is 2.86. The zero-order valence-electron chi connectivity index (χ0n) is 19.4. The van der Waals surface area contributed by atoms with Crippen LogP contribution in [0.15, 0.2) is 59.6 Å².